The molecule has 0 spiro atoms. The fourth-order valence-electron chi connectivity index (χ4n) is 3.42. The van der Waals surface area contributed by atoms with Gasteiger partial charge in [0.25, 0.3) is 5.91 Å². The zero-order chi connectivity index (χ0) is 25.7. The van der Waals surface area contributed by atoms with Crippen LogP contribution in [0, 0.1) is 5.92 Å². The van der Waals surface area contributed by atoms with Crippen molar-refractivity contribution in [1.29, 1.82) is 0 Å². The molecule has 1 aromatic carbocycles. The van der Waals surface area contributed by atoms with Crippen molar-refractivity contribution in [2.45, 2.75) is 25.4 Å². The predicted octanol–water partition coefficient (Wildman–Crippen LogP) is 4.50. The highest BCUT2D eigenvalue weighted by molar-refractivity contribution is 6.49. The number of hydrazone groups is 1. The first kappa shape index (κ1) is 24.4. The number of aromatic nitrogens is 1. The number of imide groups is 1. The number of hydrogen-bond acceptors (Lipinski definition) is 7. The average molecular weight is 520 g/mol. The normalized spacial score (nSPS) is 20.6. The lowest BCUT2D eigenvalue weighted by Gasteiger charge is -2.17. The third-order valence-electron chi connectivity index (χ3n) is 5.11. The fraction of sp³-hybridized carbons (Fsp3) is 0.250. The van der Waals surface area contributed by atoms with E-state index in [0.29, 0.717) is 23.2 Å². The van der Waals surface area contributed by atoms with Crippen LogP contribution in [-0.4, -0.2) is 34.3 Å². The van der Waals surface area contributed by atoms with E-state index in [0.717, 1.165) is 12.1 Å². The molecule has 0 saturated carbocycles. The smallest absolute Gasteiger partial charge is 0.381 e. The maximum atomic E-state index is 13.1. The largest absolute Gasteiger partial charge is 0.417 e. The molecule has 2 unspecified atom stereocenters. The first-order valence-corrected chi connectivity index (χ1v) is 9.99. The number of anilines is 2. The first-order valence-electron chi connectivity index (χ1n) is 9.61. The summed E-state index contributed by atoms with van der Waals surface area (Å²) in [4.78, 5) is 34.9. The SMILES string of the molecule is CC(=NNc1ncc(C(F)(F)F)cc1Cl)C1=NOC2C(=O)N(c3cccc(C(F)(F)F)c3)C(=O)C12. The lowest BCUT2D eigenvalue weighted by molar-refractivity contribution is -0.138. The molecule has 184 valence electrons. The van der Waals surface area contributed by atoms with Gasteiger partial charge in [-0.25, -0.2) is 9.88 Å². The molecule has 35 heavy (non-hydrogen) atoms. The number of carbonyl (C=O) groups is 2. The van der Waals surface area contributed by atoms with Crippen molar-refractivity contribution < 1.29 is 40.8 Å². The molecular formula is C20H12ClF6N5O3. The zero-order valence-electron chi connectivity index (χ0n) is 17.3. The number of benzene rings is 1. The molecule has 2 aliphatic rings. The van der Waals surface area contributed by atoms with Gasteiger partial charge in [0.2, 0.25) is 12.0 Å². The molecule has 15 heteroatoms. The number of rotatable bonds is 4. The summed E-state index contributed by atoms with van der Waals surface area (Å²) in [6, 6.07) is 4.32. The zero-order valence-corrected chi connectivity index (χ0v) is 18.0. The minimum absolute atomic E-state index is 0.00214. The number of nitrogens with zero attached hydrogens (tertiary/aromatic N) is 4. The molecule has 3 heterocycles. The molecule has 1 saturated heterocycles. The number of pyridine rings is 1. The quantitative estimate of drug-likeness (QED) is 0.278. The van der Waals surface area contributed by atoms with E-state index in [1.54, 1.807) is 0 Å². The monoisotopic (exact) mass is 519 g/mol. The maximum Gasteiger partial charge on any atom is 0.417 e. The van der Waals surface area contributed by atoms with Crippen molar-refractivity contribution >= 4 is 46.3 Å². The van der Waals surface area contributed by atoms with Crippen molar-refractivity contribution in [2.75, 3.05) is 10.3 Å². The molecule has 2 aliphatic heterocycles. The predicted molar refractivity (Wildman–Crippen MR) is 111 cm³/mol. The number of fused-ring (bicyclic) bond motifs is 1. The Hall–Kier alpha value is -3.68. The van der Waals surface area contributed by atoms with Gasteiger partial charge in [-0.15, -0.1) is 0 Å². The molecule has 2 atom stereocenters. The maximum absolute atomic E-state index is 13.1. The van der Waals surface area contributed by atoms with Gasteiger partial charge in [-0.05, 0) is 31.2 Å². The number of carbonyl (C=O) groups excluding carboxylic acids is 2. The highest BCUT2D eigenvalue weighted by Crippen LogP contribution is 2.37. The van der Waals surface area contributed by atoms with E-state index in [2.05, 4.69) is 20.7 Å². The van der Waals surface area contributed by atoms with Crippen LogP contribution in [0.1, 0.15) is 18.1 Å². The van der Waals surface area contributed by atoms with Crippen LogP contribution in [0.5, 0.6) is 0 Å². The Morgan fingerprint density at radius 2 is 1.77 bits per heavy atom. The molecule has 0 aliphatic carbocycles. The summed E-state index contributed by atoms with van der Waals surface area (Å²) >= 11 is 5.81. The van der Waals surface area contributed by atoms with Gasteiger partial charge in [-0.1, -0.05) is 22.8 Å². The third-order valence-corrected chi connectivity index (χ3v) is 5.40. The minimum Gasteiger partial charge on any atom is -0.381 e. The van der Waals surface area contributed by atoms with Crippen molar-refractivity contribution in [3.8, 4) is 0 Å². The minimum atomic E-state index is -4.69. The van der Waals surface area contributed by atoms with E-state index < -0.39 is 47.3 Å². The third kappa shape index (κ3) is 4.52. The fourth-order valence-corrected chi connectivity index (χ4v) is 3.63. The van der Waals surface area contributed by atoms with Gasteiger partial charge >= 0.3 is 12.4 Å². The van der Waals surface area contributed by atoms with Gasteiger partial charge in [-0.3, -0.25) is 15.0 Å². The highest BCUT2D eigenvalue weighted by Gasteiger charge is 2.56. The molecular weight excluding hydrogens is 508 g/mol. The van der Waals surface area contributed by atoms with Gasteiger partial charge in [0.15, 0.2) is 5.82 Å². The summed E-state index contributed by atoms with van der Waals surface area (Å²) in [5.41, 5.74) is -0.165. The molecule has 2 aromatic rings. The molecule has 1 fully saturated rings. The van der Waals surface area contributed by atoms with E-state index >= 15 is 0 Å². The molecule has 0 radical (unpaired) electrons. The van der Waals surface area contributed by atoms with Crippen LogP contribution in [0.3, 0.4) is 0 Å². The lowest BCUT2D eigenvalue weighted by Crippen LogP contribution is -2.34. The van der Waals surface area contributed by atoms with Crippen LogP contribution in [0.15, 0.2) is 46.8 Å². The summed E-state index contributed by atoms with van der Waals surface area (Å²) in [7, 11) is 0. The molecule has 4 rings (SSSR count). The highest BCUT2D eigenvalue weighted by atomic mass is 35.5. The number of halogens is 7. The van der Waals surface area contributed by atoms with Crippen molar-refractivity contribution in [2.24, 2.45) is 16.2 Å². The lowest BCUT2D eigenvalue weighted by atomic mass is 9.97. The summed E-state index contributed by atoms with van der Waals surface area (Å²) in [5, 5.41) is 7.19. The standard InChI is InChI=1S/C20H12ClF6N5O3/c1-8(29-30-16-12(21)6-10(7-28-16)20(25,26)27)14-13-15(35-31-14)18(34)32(17(13)33)11-4-2-3-9(5-11)19(22,23)24/h2-7,13,15H,1H3,(H,28,30). The van der Waals surface area contributed by atoms with Crippen molar-refractivity contribution in [3.05, 3.63) is 52.7 Å². The van der Waals surface area contributed by atoms with Crippen LogP contribution in [0.25, 0.3) is 0 Å². The average Bonchev–Trinajstić information content (AvgIpc) is 3.31. The molecule has 1 aromatic heterocycles. The first-order chi connectivity index (χ1) is 16.3. The Bertz CT molecular complexity index is 1280. The van der Waals surface area contributed by atoms with E-state index in [1.165, 1.54) is 13.0 Å². The number of nitrogens with one attached hydrogen (secondary N) is 1. The van der Waals surface area contributed by atoms with E-state index in [9.17, 15) is 35.9 Å². The Balaban J connectivity index is 1.55. The van der Waals surface area contributed by atoms with Crippen LogP contribution < -0.4 is 10.3 Å². The van der Waals surface area contributed by atoms with Gasteiger partial charge in [0, 0.05) is 6.20 Å². The summed E-state index contributed by atoms with van der Waals surface area (Å²) in [6.07, 6.45) is -10.2. The second kappa shape index (κ2) is 8.52. The molecule has 8 nitrogen and oxygen atoms in total. The second-order valence-electron chi connectivity index (χ2n) is 7.40. The van der Waals surface area contributed by atoms with Gasteiger partial charge in [0.05, 0.1) is 27.5 Å². The molecule has 2 amide bonds. The molecule has 1 N–H and O–H groups in total. The van der Waals surface area contributed by atoms with Crippen LogP contribution in [-0.2, 0) is 26.8 Å². The Morgan fingerprint density at radius 1 is 1.09 bits per heavy atom. The summed E-state index contributed by atoms with van der Waals surface area (Å²) in [6.45, 7) is 1.36. The van der Waals surface area contributed by atoms with Crippen LogP contribution in [0.2, 0.25) is 5.02 Å². The number of oxime groups is 1. The van der Waals surface area contributed by atoms with Crippen LogP contribution in [0.4, 0.5) is 37.8 Å². The number of alkyl halides is 6. The van der Waals surface area contributed by atoms with Crippen LogP contribution >= 0.6 is 11.6 Å². The Kier molecular flexibility index (Phi) is 5.95. The topological polar surface area (TPSA) is 96.2 Å². The van der Waals surface area contributed by atoms with E-state index in [-0.39, 0.29) is 28.0 Å². The van der Waals surface area contributed by atoms with Gasteiger partial charge < -0.3 is 4.84 Å². The number of amides is 2. The Morgan fingerprint density at radius 3 is 2.40 bits per heavy atom. The summed E-state index contributed by atoms with van der Waals surface area (Å²) in [5.74, 6) is -3.31. The van der Waals surface area contributed by atoms with Gasteiger partial charge in [0.1, 0.15) is 11.6 Å². The van der Waals surface area contributed by atoms with E-state index in [1.807, 2.05) is 0 Å². The number of hydrogen-bond donors (Lipinski definition) is 1. The second-order valence-corrected chi connectivity index (χ2v) is 7.81. The molecule has 0 bridgehead atoms. The summed E-state index contributed by atoms with van der Waals surface area (Å²) < 4.78 is 77.4. The van der Waals surface area contributed by atoms with Crippen molar-refractivity contribution in [3.63, 3.8) is 0 Å². The van der Waals surface area contributed by atoms with E-state index in [4.69, 9.17) is 16.4 Å². The van der Waals surface area contributed by atoms with Gasteiger partial charge in [-0.2, -0.15) is 31.4 Å². The Labute approximate surface area is 197 Å². The van der Waals surface area contributed by atoms with Crippen molar-refractivity contribution in [1.82, 2.24) is 4.98 Å².